The summed E-state index contributed by atoms with van der Waals surface area (Å²) in [6.45, 7) is 0. The fourth-order valence-electron chi connectivity index (χ4n) is 2.57. The molecule has 3 rings (SSSR count). The van der Waals surface area contributed by atoms with E-state index in [1.54, 1.807) is 0 Å². The molecule has 94 valence electrons. The first kappa shape index (κ1) is 12.4. The standard InChI is InChI=1S/C14H12BrClFN/c15-8-6-10-13(16)9-4-2-1-3-5-12(9)18-14(10)11(17)7-8/h6-7H,1-5H2. The summed E-state index contributed by atoms with van der Waals surface area (Å²) in [5.74, 6) is -0.312. The first-order valence-electron chi connectivity index (χ1n) is 6.13. The highest BCUT2D eigenvalue weighted by Crippen LogP contribution is 2.34. The van der Waals surface area contributed by atoms with E-state index in [1.807, 2.05) is 6.07 Å². The lowest BCUT2D eigenvalue weighted by Crippen LogP contribution is -1.99. The molecule has 2 aromatic rings. The molecule has 0 fully saturated rings. The molecule has 0 saturated carbocycles. The van der Waals surface area contributed by atoms with E-state index in [1.165, 1.54) is 12.5 Å². The zero-order valence-electron chi connectivity index (χ0n) is 9.77. The first-order valence-corrected chi connectivity index (χ1v) is 7.30. The Morgan fingerprint density at radius 1 is 1.17 bits per heavy atom. The van der Waals surface area contributed by atoms with E-state index in [0.29, 0.717) is 20.4 Å². The van der Waals surface area contributed by atoms with Crippen LogP contribution < -0.4 is 0 Å². The van der Waals surface area contributed by atoms with Gasteiger partial charge in [0.05, 0.1) is 5.02 Å². The Morgan fingerprint density at radius 2 is 1.94 bits per heavy atom. The molecule has 0 spiro atoms. The van der Waals surface area contributed by atoms with Crippen molar-refractivity contribution >= 4 is 38.4 Å². The summed E-state index contributed by atoms with van der Waals surface area (Å²) in [6.07, 6.45) is 5.29. The van der Waals surface area contributed by atoms with E-state index in [2.05, 4.69) is 20.9 Å². The maximum Gasteiger partial charge on any atom is 0.150 e. The monoisotopic (exact) mass is 327 g/mol. The number of pyridine rings is 1. The second-order valence-corrected chi connectivity index (χ2v) is 5.99. The van der Waals surface area contributed by atoms with Crippen molar-refractivity contribution in [2.24, 2.45) is 0 Å². The summed E-state index contributed by atoms with van der Waals surface area (Å²) >= 11 is 9.75. The largest absolute Gasteiger partial charge is 0.249 e. The number of halogens is 3. The molecule has 0 bridgehead atoms. The second kappa shape index (κ2) is 4.78. The van der Waals surface area contributed by atoms with E-state index in [4.69, 9.17) is 11.6 Å². The van der Waals surface area contributed by atoms with Crippen LogP contribution in [-0.4, -0.2) is 4.98 Å². The van der Waals surface area contributed by atoms with Crippen molar-refractivity contribution in [1.82, 2.24) is 4.98 Å². The fraction of sp³-hybridized carbons (Fsp3) is 0.357. The summed E-state index contributed by atoms with van der Waals surface area (Å²) in [5, 5.41) is 1.39. The molecule has 1 aliphatic rings. The molecule has 1 heterocycles. The van der Waals surface area contributed by atoms with Gasteiger partial charge in [0.1, 0.15) is 5.52 Å². The summed E-state index contributed by atoms with van der Waals surface area (Å²) in [6, 6.07) is 3.29. The van der Waals surface area contributed by atoms with Crippen LogP contribution in [0.1, 0.15) is 30.5 Å². The minimum atomic E-state index is -0.312. The van der Waals surface area contributed by atoms with Gasteiger partial charge in [-0.2, -0.15) is 0 Å². The van der Waals surface area contributed by atoms with Crippen LogP contribution in [0, 0.1) is 5.82 Å². The highest BCUT2D eigenvalue weighted by atomic mass is 79.9. The van der Waals surface area contributed by atoms with E-state index < -0.39 is 0 Å². The zero-order chi connectivity index (χ0) is 12.7. The minimum absolute atomic E-state index is 0.312. The number of nitrogens with zero attached hydrogens (tertiary/aromatic N) is 1. The summed E-state index contributed by atoms with van der Waals surface area (Å²) in [5.41, 5.74) is 2.48. The molecular formula is C14H12BrClFN. The van der Waals surface area contributed by atoms with Gasteiger partial charge in [-0.1, -0.05) is 34.0 Å². The average Bonchev–Trinajstić information content (AvgIpc) is 2.56. The third kappa shape index (κ3) is 2.04. The molecule has 0 N–H and O–H groups in total. The Balaban J connectivity index is 2.34. The number of rotatable bonds is 0. The maximum atomic E-state index is 13.9. The van der Waals surface area contributed by atoms with Crippen molar-refractivity contribution in [3.05, 3.63) is 38.7 Å². The van der Waals surface area contributed by atoms with Gasteiger partial charge in [-0.05, 0) is 43.4 Å². The number of aromatic nitrogens is 1. The van der Waals surface area contributed by atoms with Crippen LogP contribution in [0.15, 0.2) is 16.6 Å². The highest BCUT2D eigenvalue weighted by molar-refractivity contribution is 9.10. The zero-order valence-corrected chi connectivity index (χ0v) is 12.1. The van der Waals surface area contributed by atoms with Crippen molar-refractivity contribution in [2.45, 2.75) is 32.1 Å². The number of aryl methyl sites for hydroxylation is 1. The van der Waals surface area contributed by atoms with Crippen LogP contribution in [0.25, 0.3) is 10.9 Å². The molecule has 1 nitrogen and oxygen atoms in total. The number of hydrogen-bond acceptors (Lipinski definition) is 1. The van der Waals surface area contributed by atoms with E-state index in [0.717, 1.165) is 36.9 Å². The van der Waals surface area contributed by atoms with Gasteiger partial charge < -0.3 is 0 Å². The molecule has 0 saturated heterocycles. The van der Waals surface area contributed by atoms with Crippen molar-refractivity contribution in [2.75, 3.05) is 0 Å². The van der Waals surface area contributed by atoms with Gasteiger partial charge in [0.25, 0.3) is 0 Å². The van der Waals surface area contributed by atoms with Gasteiger partial charge in [-0.15, -0.1) is 0 Å². The molecule has 0 radical (unpaired) electrons. The van der Waals surface area contributed by atoms with Gasteiger partial charge in [-0.3, -0.25) is 0 Å². The van der Waals surface area contributed by atoms with E-state index >= 15 is 0 Å². The lowest BCUT2D eigenvalue weighted by atomic mass is 10.0. The van der Waals surface area contributed by atoms with E-state index in [9.17, 15) is 4.39 Å². The Labute approximate surface area is 118 Å². The average molecular weight is 329 g/mol. The molecule has 0 aliphatic heterocycles. The van der Waals surface area contributed by atoms with Gasteiger partial charge in [0.2, 0.25) is 0 Å². The van der Waals surface area contributed by atoms with Crippen LogP contribution >= 0.6 is 27.5 Å². The van der Waals surface area contributed by atoms with Crippen LogP contribution in [0.5, 0.6) is 0 Å². The van der Waals surface area contributed by atoms with Crippen molar-refractivity contribution in [3.8, 4) is 0 Å². The molecule has 0 unspecified atom stereocenters. The Bertz CT molecular complexity index is 627. The summed E-state index contributed by atoms with van der Waals surface area (Å²) in [7, 11) is 0. The SMILES string of the molecule is Fc1cc(Br)cc2c(Cl)c3c(nc12)CCCCC3. The third-order valence-electron chi connectivity index (χ3n) is 3.47. The number of benzene rings is 1. The molecule has 18 heavy (non-hydrogen) atoms. The van der Waals surface area contributed by atoms with Crippen molar-refractivity contribution in [3.63, 3.8) is 0 Å². The molecular weight excluding hydrogens is 317 g/mol. The topological polar surface area (TPSA) is 12.9 Å². The third-order valence-corrected chi connectivity index (χ3v) is 4.35. The number of fused-ring (bicyclic) bond motifs is 2. The highest BCUT2D eigenvalue weighted by Gasteiger charge is 2.18. The van der Waals surface area contributed by atoms with Crippen molar-refractivity contribution in [1.29, 1.82) is 0 Å². The van der Waals surface area contributed by atoms with Crippen LogP contribution in [0.2, 0.25) is 5.02 Å². The molecule has 0 atom stereocenters. The fourth-order valence-corrected chi connectivity index (χ4v) is 3.35. The van der Waals surface area contributed by atoms with Crippen LogP contribution in [0.4, 0.5) is 4.39 Å². The maximum absolute atomic E-state index is 13.9. The number of hydrogen-bond donors (Lipinski definition) is 0. The molecule has 1 aromatic heterocycles. The van der Waals surface area contributed by atoms with E-state index in [-0.39, 0.29) is 5.82 Å². The van der Waals surface area contributed by atoms with Crippen LogP contribution in [0.3, 0.4) is 0 Å². The van der Waals surface area contributed by atoms with Gasteiger partial charge in [0, 0.05) is 15.6 Å². The van der Waals surface area contributed by atoms with Crippen LogP contribution in [-0.2, 0) is 12.8 Å². The summed E-state index contributed by atoms with van der Waals surface area (Å²) < 4.78 is 14.6. The molecule has 0 amide bonds. The quantitative estimate of drug-likeness (QED) is 0.616. The molecule has 4 heteroatoms. The van der Waals surface area contributed by atoms with Gasteiger partial charge in [0.15, 0.2) is 5.82 Å². The predicted octanol–water partition coefficient (Wildman–Crippen LogP) is 5.06. The van der Waals surface area contributed by atoms with Crippen molar-refractivity contribution < 1.29 is 4.39 Å². The summed E-state index contributed by atoms with van der Waals surface area (Å²) in [4.78, 5) is 4.50. The minimum Gasteiger partial charge on any atom is -0.249 e. The molecule has 1 aliphatic carbocycles. The lowest BCUT2D eigenvalue weighted by molar-refractivity contribution is 0.635. The Kier molecular flexibility index (Phi) is 3.29. The Morgan fingerprint density at radius 3 is 2.78 bits per heavy atom. The predicted molar refractivity (Wildman–Crippen MR) is 75.7 cm³/mol. The second-order valence-electron chi connectivity index (χ2n) is 4.70. The molecule has 1 aromatic carbocycles. The van der Waals surface area contributed by atoms with Gasteiger partial charge >= 0.3 is 0 Å². The lowest BCUT2D eigenvalue weighted by Gasteiger charge is -2.11. The normalized spacial score (nSPS) is 15.5. The first-order chi connectivity index (χ1) is 8.66. The Hall–Kier alpha value is -0.670. The smallest absolute Gasteiger partial charge is 0.150 e. The van der Waals surface area contributed by atoms with Gasteiger partial charge in [-0.25, -0.2) is 9.37 Å².